The van der Waals surface area contributed by atoms with Gasteiger partial charge in [0.1, 0.15) is 5.69 Å². The SMILES string of the molecule is CCOC(=O)c1ccccc1NC(=O)c1ccc(NCCC2=CCCCC2)cn1. The summed E-state index contributed by atoms with van der Waals surface area (Å²) in [4.78, 5) is 28.8. The van der Waals surface area contributed by atoms with Crippen molar-refractivity contribution in [1.82, 2.24) is 4.98 Å². The molecule has 152 valence electrons. The van der Waals surface area contributed by atoms with E-state index in [0.717, 1.165) is 18.7 Å². The number of nitrogens with one attached hydrogen (secondary N) is 2. The van der Waals surface area contributed by atoms with E-state index in [-0.39, 0.29) is 18.2 Å². The molecule has 6 nitrogen and oxygen atoms in total. The average Bonchev–Trinajstić information content (AvgIpc) is 2.75. The van der Waals surface area contributed by atoms with Crippen molar-refractivity contribution >= 4 is 23.3 Å². The molecule has 3 rings (SSSR count). The number of pyridine rings is 1. The van der Waals surface area contributed by atoms with Gasteiger partial charge in [-0.15, -0.1) is 0 Å². The number of allylic oxidation sites excluding steroid dienone is 1. The molecule has 0 aliphatic heterocycles. The van der Waals surface area contributed by atoms with E-state index in [4.69, 9.17) is 4.74 Å². The smallest absolute Gasteiger partial charge is 0.340 e. The summed E-state index contributed by atoms with van der Waals surface area (Å²) in [6.07, 6.45) is 10.0. The maximum absolute atomic E-state index is 12.5. The molecule has 1 heterocycles. The van der Waals surface area contributed by atoms with Crippen molar-refractivity contribution in [3.63, 3.8) is 0 Å². The van der Waals surface area contributed by atoms with E-state index in [1.165, 1.54) is 31.3 Å². The lowest BCUT2D eigenvalue weighted by Gasteiger charge is -2.13. The molecule has 2 N–H and O–H groups in total. The largest absolute Gasteiger partial charge is 0.462 e. The first-order valence-electron chi connectivity index (χ1n) is 10.1. The van der Waals surface area contributed by atoms with Crippen LogP contribution in [0.25, 0.3) is 0 Å². The highest BCUT2D eigenvalue weighted by atomic mass is 16.5. The van der Waals surface area contributed by atoms with Gasteiger partial charge in [-0.25, -0.2) is 9.78 Å². The predicted octanol–water partition coefficient (Wildman–Crippen LogP) is 4.81. The van der Waals surface area contributed by atoms with Gasteiger partial charge in [0.25, 0.3) is 5.91 Å². The number of hydrogen-bond acceptors (Lipinski definition) is 5. The first-order chi connectivity index (χ1) is 14.2. The lowest BCUT2D eigenvalue weighted by atomic mass is 9.97. The minimum atomic E-state index is -0.469. The Morgan fingerprint density at radius 1 is 1.14 bits per heavy atom. The zero-order chi connectivity index (χ0) is 20.5. The monoisotopic (exact) mass is 393 g/mol. The molecule has 1 amide bonds. The van der Waals surface area contributed by atoms with Crippen molar-refractivity contribution in [1.29, 1.82) is 0 Å². The highest BCUT2D eigenvalue weighted by Gasteiger charge is 2.15. The first-order valence-corrected chi connectivity index (χ1v) is 10.1. The highest BCUT2D eigenvalue weighted by Crippen LogP contribution is 2.20. The van der Waals surface area contributed by atoms with Crippen molar-refractivity contribution in [2.45, 2.75) is 39.0 Å². The molecule has 0 saturated carbocycles. The van der Waals surface area contributed by atoms with E-state index >= 15 is 0 Å². The van der Waals surface area contributed by atoms with Crippen LogP contribution in [0.3, 0.4) is 0 Å². The molecule has 2 aromatic rings. The normalized spacial score (nSPS) is 13.3. The molecule has 0 radical (unpaired) electrons. The third kappa shape index (κ3) is 5.91. The summed E-state index contributed by atoms with van der Waals surface area (Å²) in [6.45, 7) is 2.87. The zero-order valence-corrected chi connectivity index (χ0v) is 16.7. The fourth-order valence-electron chi connectivity index (χ4n) is 3.30. The van der Waals surface area contributed by atoms with Gasteiger partial charge < -0.3 is 15.4 Å². The summed E-state index contributed by atoms with van der Waals surface area (Å²) in [6, 6.07) is 10.3. The molecule has 6 heteroatoms. The molecule has 0 saturated heterocycles. The Bertz CT molecular complexity index is 875. The number of rotatable bonds is 8. The molecule has 0 bridgehead atoms. The summed E-state index contributed by atoms with van der Waals surface area (Å²) in [7, 11) is 0. The number of anilines is 2. The molecule has 1 aromatic heterocycles. The number of para-hydroxylation sites is 1. The highest BCUT2D eigenvalue weighted by molar-refractivity contribution is 6.07. The second-order valence-electron chi connectivity index (χ2n) is 6.94. The van der Waals surface area contributed by atoms with Crippen LogP contribution in [-0.2, 0) is 4.74 Å². The molecule has 1 aliphatic carbocycles. The van der Waals surface area contributed by atoms with E-state index in [0.29, 0.717) is 11.3 Å². The Labute approximate surface area is 171 Å². The van der Waals surface area contributed by atoms with E-state index in [1.807, 2.05) is 6.07 Å². The lowest BCUT2D eigenvalue weighted by Crippen LogP contribution is -2.17. The average molecular weight is 393 g/mol. The molecule has 29 heavy (non-hydrogen) atoms. The molecule has 0 atom stereocenters. The fourth-order valence-corrected chi connectivity index (χ4v) is 3.30. The van der Waals surface area contributed by atoms with Crippen LogP contribution in [-0.4, -0.2) is 30.0 Å². The van der Waals surface area contributed by atoms with E-state index < -0.39 is 5.97 Å². The molecular weight excluding hydrogens is 366 g/mol. The van der Waals surface area contributed by atoms with Gasteiger partial charge in [-0.2, -0.15) is 0 Å². The summed E-state index contributed by atoms with van der Waals surface area (Å²) >= 11 is 0. The van der Waals surface area contributed by atoms with Gasteiger partial charge in [0.2, 0.25) is 0 Å². The Kier molecular flexibility index (Phi) is 7.39. The van der Waals surface area contributed by atoms with Crippen molar-refractivity contribution in [3.8, 4) is 0 Å². The number of aromatic nitrogens is 1. The van der Waals surface area contributed by atoms with Gasteiger partial charge >= 0.3 is 5.97 Å². The van der Waals surface area contributed by atoms with E-state index in [1.54, 1.807) is 43.5 Å². The van der Waals surface area contributed by atoms with Gasteiger partial charge in [-0.3, -0.25) is 4.79 Å². The molecule has 0 fully saturated rings. The number of nitrogens with zero attached hydrogens (tertiary/aromatic N) is 1. The quantitative estimate of drug-likeness (QED) is 0.497. The third-order valence-electron chi connectivity index (χ3n) is 4.83. The van der Waals surface area contributed by atoms with Gasteiger partial charge in [0, 0.05) is 6.54 Å². The minimum absolute atomic E-state index is 0.272. The molecule has 0 unspecified atom stereocenters. The molecular formula is C23H27N3O3. The summed E-state index contributed by atoms with van der Waals surface area (Å²) in [5, 5.41) is 6.09. The van der Waals surface area contributed by atoms with Crippen LogP contribution < -0.4 is 10.6 Å². The van der Waals surface area contributed by atoms with Gasteiger partial charge in [0.05, 0.1) is 29.7 Å². The van der Waals surface area contributed by atoms with Gasteiger partial charge in [0.15, 0.2) is 0 Å². The Hall–Kier alpha value is -3.15. The van der Waals surface area contributed by atoms with E-state index in [2.05, 4.69) is 21.7 Å². The van der Waals surface area contributed by atoms with Crippen LogP contribution in [0.4, 0.5) is 11.4 Å². The Balaban J connectivity index is 1.56. The van der Waals surface area contributed by atoms with Gasteiger partial charge in [-0.1, -0.05) is 23.8 Å². The van der Waals surface area contributed by atoms with Crippen molar-refractivity contribution in [3.05, 3.63) is 65.5 Å². The van der Waals surface area contributed by atoms with Crippen LogP contribution in [0.1, 0.15) is 59.9 Å². The summed E-state index contributed by atoms with van der Waals surface area (Å²) < 4.78 is 5.03. The standard InChI is InChI=1S/C23H27N3O3/c1-2-29-23(28)19-10-6-7-11-20(19)26-22(27)21-13-12-18(16-25-21)24-15-14-17-8-4-3-5-9-17/h6-8,10-13,16,24H,2-5,9,14-15H2,1H3,(H,26,27). The van der Waals surface area contributed by atoms with Crippen LogP contribution >= 0.6 is 0 Å². The van der Waals surface area contributed by atoms with Crippen LogP contribution in [0.15, 0.2) is 54.2 Å². The third-order valence-corrected chi connectivity index (χ3v) is 4.83. The summed E-state index contributed by atoms with van der Waals surface area (Å²) in [5.41, 5.74) is 3.40. The van der Waals surface area contributed by atoms with Gasteiger partial charge in [-0.05, 0) is 63.3 Å². The number of ether oxygens (including phenoxy) is 1. The number of amides is 1. The Morgan fingerprint density at radius 3 is 2.72 bits per heavy atom. The molecule has 1 aliphatic rings. The Morgan fingerprint density at radius 2 is 2.00 bits per heavy atom. The van der Waals surface area contributed by atoms with Crippen molar-refractivity contribution < 1.29 is 14.3 Å². The van der Waals surface area contributed by atoms with Crippen LogP contribution in [0.2, 0.25) is 0 Å². The molecule has 0 spiro atoms. The molecule has 1 aromatic carbocycles. The van der Waals surface area contributed by atoms with Crippen LogP contribution in [0.5, 0.6) is 0 Å². The minimum Gasteiger partial charge on any atom is -0.462 e. The topological polar surface area (TPSA) is 80.3 Å². The first kappa shape index (κ1) is 20.6. The predicted molar refractivity (Wildman–Crippen MR) is 114 cm³/mol. The number of hydrogen-bond donors (Lipinski definition) is 2. The van der Waals surface area contributed by atoms with Crippen molar-refractivity contribution in [2.24, 2.45) is 0 Å². The van der Waals surface area contributed by atoms with E-state index in [9.17, 15) is 9.59 Å². The number of esters is 1. The summed E-state index contributed by atoms with van der Waals surface area (Å²) in [5.74, 6) is -0.843. The number of benzene rings is 1. The lowest BCUT2D eigenvalue weighted by molar-refractivity contribution is 0.0527. The van der Waals surface area contributed by atoms with Crippen LogP contribution in [0, 0.1) is 0 Å². The van der Waals surface area contributed by atoms with Crippen molar-refractivity contribution in [2.75, 3.05) is 23.8 Å². The second kappa shape index (κ2) is 10.4. The number of carbonyl (C=O) groups is 2. The zero-order valence-electron chi connectivity index (χ0n) is 16.7. The maximum Gasteiger partial charge on any atom is 0.340 e. The maximum atomic E-state index is 12.5. The fraction of sp³-hybridized carbons (Fsp3) is 0.348. The second-order valence-corrected chi connectivity index (χ2v) is 6.94. The number of carbonyl (C=O) groups excluding carboxylic acids is 2.